The van der Waals surface area contributed by atoms with Crippen LogP contribution in [0.3, 0.4) is 0 Å². The summed E-state index contributed by atoms with van der Waals surface area (Å²) < 4.78 is 5.53. The van der Waals surface area contributed by atoms with E-state index < -0.39 is 0 Å². The van der Waals surface area contributed by atoms with E-state index in [1.165, 1.54) is 30.6 Å². The Morgan fingerprint density at radius 3 is 2.24 bits per heavy atom. The Hall–Kier alpha value is -3.35. The summed E-state index contributed by atoms with van der Waals surface area (Å²) in [5.41, 5.74) is 3.41. The zero-order chi connectivity index (χ0) is 25.3. The van der Waals surface area contributed by atoms with Crippen LogP contribution in [0.5, 0.6) is 5.75 Å². The van der Waals surface area contributed by atoms with Crippen LogP contribution in [0.25, 0.3) is 0 Å². The Morgan fingerprint density at radius 2 is 1.51 bits per heavy atom. The number of carbonyl (C=O) groups excluding carboxylic acids is 1. The fourth-order valence-corrected chi connectivity index (χ4v) is 5.43. The molecule has 2 N–H and O–H groups in total. The molecule has 6 heteroatoms. The van der Waals surface area contributed by atoms with Gasteiger partial charge in [-0.2, -0.15) is 0 Å². The molecule has 2 aliphatic rings. The van der Waals surface area contributed by atoms with Gasteiger partial charge in [0, 0.05) is 49.6 Å². The van der Waals surface area contributed by atoms with E-state index in [2.05, 4.69) is 62.9 Å². The number of rotatable bonds is 9. The molecule has 0 saturated carbocycles. The van der Waals surface area contributed by atoms with Crippen molar-refractivity contribution < 1.29 is 9.53 Å². The number of hydrogen-bond donors (Lipinski definition) is 2. The van der Waals surface area contributed by atoms with Gasteiger partial charge in [0.05, 0.1) is 0 Å². The van der Waals surface area contributed by atoms with E-state index in [0.29, 0.717) is 17.8 Å². The molecule has 1 unspecified atom stereocenters. The van der Waals surface area contributed by atoms with Crippen molar-refractivity contribution in [2.75, 3.05) is 43.0 Å². The minimum atomic E-state index is -0.159. The van der Waals surface area contributed by atoms with Gasteiger partial charge in [-0.3, -0.25) is 9.69 Å². The summed E-state index contributed by atoms with van der Waals surface area (Å²) in [5.74, 6) is 0.535. The fourth-order valence-electron chi connectivity index (χ4n) is 5.43. The maximum absolute atomic E-state index is 12.2. The van der Waals surface area contributed by atoms with Crippen molar-refractivity contribution in [3.63, 3.8) is 0 Å². The number of hydrogen-bond acceptors (Lipinski definition) is 5. The lowest BCUT2D eigenvalue weighted by Crippen LogP contribution is -2.51. The Bertz CT molecular complexity index is 1100. The van der Waals surface area contributed by atoms with Gasteiger partial charge in [0.25, 0.3) is 5.91 Å². The van der Waals surface area contributed by atoms with Crippen LogP contribution in [-0.4, -0.2) is 55.7 Å². The second-order valence-corrected chi connectivity index (χ2v) is 10.2. The summed E-state index contributed by atoms with van der Waals surface area (Å²) in [7, 11) is 0. The molecular weight excluding hydrogens is 460 g/mol. The fraction of sp³-hybridized carbons (Fsp3) is 0.387. The van der Waals surface area contributed by atoms with Gasteiger partial charge in [-0.1, -0.05) is 48.5 Å². The predicted molar refractivity (Wildman–Crippen MR) is 150 cm³/mol. The number of carbonyl (C=O) groups is 1. The third kappa shape index (κ3) is 7.57. The Labute approximate surface area is 220 Å². The topological polar surface area (TPSA) is 56.8 Å². The molecule has 0 spiro atoms. The molecule has 0 bridgehead atoms. The van der Waals surface area contributed by atoms with Crippen molar-refractivity contribution in [1.82, 2.24) is 10.2 Å². The van der Waals surface area contributed by atoms with E-state index in [1.807, 2.05) is 42.5 Å². The quantitative estimate of drug-likeness (QED) is 0.438. The van der Waals surface area contributed by atoms with E-state index in [-0.39, 0.29) is 12.5 Å². The zero-order valence-corrected chi connectivity index (χ0v) is 21.5. The zero-order valence-electron chi connectivity index (χ0n) is 21.5. The molecule has 1 atom stereocenters. The van der Waals surface area contributed by atoms with Crippen molar-refractivity contribution in [3.8, 4) is 5.75 Å². The molecule has 3 aromatic rings. The molecular formula is C31H38N4O2. The van der Waals surface area contributed by atoms with E-state index >= 15 is 0 Å². The maximum Gasteiger partial charge on any atom is 0.262 e. The number of amides is 1. The van der Waals surface area contributed by atoms with Gasteiger partial charge in [0.2, 0.25) is 0 Å². The average Bonchev–Trinajstić information content (AvgIpc) is 2.94. The van der Waals surface area contributed by atoms with E-state index in [4.69, 9.17) is 4.74 Å². The normalized spacial score (nSPS) is 18.9. The Kier molecular flexibility index (Phi) is 8.72. The highest BCUT2D eigenvalue weighted by Gasteiger charge is 2.25. The number of piperidine rings is 2. The molecule has 0 aromatic heterocycles. The minimum Gasteiger partial charge on any atom is -0.484 e. The van der Waals surface area contributed by atoms with E-state index in [0.717, 1.165) is 44.7 Å². The summed E-state index contributed by atoms with van der Waals surface area (Å²) in [6.07, 6.45) is 4.86. The van der Waals surface area contributed by atoms with Crippen LogP contribution >= 0.6 is 0 Å². The average molecular weight is 499 g/mol. The van der Waals surface area contributed by atoms with Crippen LogP contribution in [0.15, 0.2) is 84.9 Å². The first-order valence-corrected chi connectivity index (χ1v) is 13.6. The first kappa shape index (κ1) is 25.3. The van der Waals surface area contributed by atoms with Crippen molar-refractivity contribution in [3.05, 3.63) is 90.5 Å². The lowest BCUT2D eigenvalue weighted by atomic mass is 9.99. The predicted octanol–water partition coefficient (Wildman–Crippen LogP) is 4.93. The highest BCUT2D eigenvalue weighted by molar-refractivity contribution is 5.92. The molecule has 0 radical (unpaired) electrons. The van der Waals surface area contributed by atoms with Gasteiger partial charge in [-0.15, -0.1) is 0 Å². The molecule has 2 fully saturated rings. The van der Waals surface area contributed by atoms with Gasteiger partial charge in [-0.25, -0.2) is 0 Å². The van der Waals surface area contributed by atoms with Crippen molar-refractivity contribution in [2.24, 2.45) is 0 Å². The molecule has 6 nitrogen and oxygen atoms in total. The lowest BCUT2D eigenvalue weighted by molar-refractivity contribution is -0.118. The van der Waals surface area contributed by atoms with Gasteiger partial charge < -0.3 is 20.3 Å². The summed E-state index contributed by atoms with van der Waals surface area (Å²) in [4.78, 5) is 17.3. The number of likely N-dealkylation sites (tertiary alicyclic amines) is 1. The summed E-state index contributed by atoms with van der Waals surface area (Å²) in [6.45, 7) is 5.48. The molecule has 0 aliphatic carbocycles. The number of para-hydroxylation sites is 1. The highest BCUT2D eigenvalue weighted by Crippen LogP contribution is 2.23. The van der Waals surface area contributed by atoms with Gasteiger partial charge in [-0.05, 0) is 74.2 Å². The first-order chi connectivity index (χ1) is 18.2. The Balaban J connectivity index is 1.03. The number of benzene rings is 3. The number of anilines is 2. The van der Waals surface area contributed by atoms with E-state index in [9.17, 15) is 4.79 Å². The SMILES string of the molecule is O=C(COc1ccccc1)Nc1ccc(N2CCC(NC3CCCN(Cc4ccccc4)C3)CC2)cc1. The third-order valence-electron chi connectivity index (χ3n) is 7.35. The van der Waals surface area contributed by atoms with Gasteiger partial charge in [0.15, 0.2) is 6.61 Å². The standard InChI is InChI=1S/C31H38N4O2/c36-31(24-37-30-11-5-2-6-12-30)33-26-13-15-29(16-14-26)35-20-17-27(18-21-35)32-28-10-7-19-34(23-28)22-25-8-3-1-4-9-25/h1-6,8-9,11-16,27-28,32H,7,10,17-24H2,(H,33,36). The van der Waals surface area contributed by atoms with E-state index in [1.54, 1.807) is 0 Å². The van der Waals surface area contributed by atoms with Gasteiger partial charge >= 0.3 is 0 Å². The summed E-state index contributed by atoms with van der Waals surface area (Å²) in [5, 5.41) is 6.89. The molecule has 2 heterocycles. The largest absolute Gasteiger partial charge is 0.484 e. The van der Waals surface area contributed by atoms with Gasteiger partial charge in [0.1, 0.15) is 5.75 Å². The number of ether oxygens (including phenoxy) is 1. The first-order valence-electron chi connectivity index (χ1n) is 13.6. The molecule has 1 amide bonds. The van der Waals surface area contributed by atoms with Crippen LogP contribution in [0.1, 0.15) is 31.2 Å². The monoisotopic (exact) mass is 498 g/mol. The molecule has 2 saturated heterocycles. The second kappa shape index (κ2) is 12.7. The number of nitrogens with one attached hydrogen (secondary N) is 2. The smallest absolute Gasteiger partial charge is 0.262 e. The minimum absolute atomic E-state index is 0.00269. The third-order valence-corrected chi connectivity index (χ3v) is 7.35. The highest BCUT2D eigenvalue weighted by atomic mass is 16.5. The second-order valence-electron chi connectivity index (χ2n) is 10.2. The summed E-state index contributed by atoms with van der Waals surface area (Å²) >= 11 is 0. The van der Waals surface area contributed by atoms with Crippen molar-refractivity contribution in [2.45, 2.75) is 44.3 Å². The summed E-state index contributed by atoms with van der Waals surface area (Å²) in [6, 6.07) is 29.5. The molecule has 5 rings (SSSR count). The van der Waals surface area contributed by atoms with Crippen LogP contribution in [0.2, 0.25) is 0 Å². The molecule has 2 aliphatic heterocycles. The molecule has 3 aromatic carbocycles. The molecule has 37 heavy (non-hydrogen) atoms. The van der Waals surface area contributed by atoms with Crippen LogP contribution < -0.4 is 20.3 Å². The van der Waals surface area contributed by atoms with Crippen molar-refractivity contribution in [1.29, 1.82) is 0 Å². The molecule has 194 valence electrons. The maximum atomic E-state index is 12.2. The van der Waals surface area contributed by atoms with Crippen LogP contribution in [0, 0.1) is 0 Å². The Morgan fingerprint density at radius 1 is 0.811 bits per heavy atom. The number of nitrogens with zero attached hydrogens (tertiary/aromatic N) is 2. The van der Waals surface area contributed by atoms with Crippen molar-refractivity contribution >= 4 is 17.3 Å². The van der Waals surface area contributed by atoms with Crippen LogP contribution in [-0.2, 0) is 11.3 Å². The van der Waals surface area contributed by atoms with Crippen LogP contribution in [0.4, 0.5) is 11.4 Å². The lowest BCUT2D eigenvalue weighted by Gasteiger charge is -2.39.